The van der Waals surface area contributed by atoms with E-state index in [1.807, 2.05) is 20.8 Å². The van der Waals surface area contributed by atoms with E-state index in [0.29, 0.717) is 23.9 Å². The summed E-state index contributed by atoms with van der Waals surface area (Å²) in [5.74, 6) is 0.345. The molecule has 0 spiro atoms. The number of rotatable bonds is 4. The van der Waals surface area contributed by atoms with E-state index in [1.165, 1.54) is 11.3 Å². The van der Waals surface area contributed by atoms with Gasteiger partial charge >= 0.3 is 0 Å². The summed E-state index contributed by atoms with van der Waals surface area (Å²) in [7, 11) is -3.47. The number of hydrogen-bond acceptors (Lipinski definition) is 4. The summed E-state index contributed by atoms with van der Waals surface area (Å²) >= 11 is 7.26. The maximum Gasteiger partial charge on any atom is 0.244 e. The second-order valence-corrected chi connectivity index (χ2v) is 8.51. The number of ether oxygens (including phenoxy) is 1. The van der Waals surface area contributed by atoms with Gasteiger partial charge in [0.2, 0.25) is 10.0 Å². The fraction of sp³-hybridized carbons (Fsp3) is 0.692. The first-order valence-corrected chi connectivity index (χ1v) is 9.48. The maximum absolute atomic E-state index is 12.9. The molecule has 0 radical (unpaired) electrons. The van der Waals surface area contributed by atoms with Gasteiger partial charge in [-0.1, -0.05) is 6.92 Å². The average molecular weight is 338 g/mol. The van der Waals surface area contributed by atoms with Gasteiger partial charge in [-0.05, 0) is 26.3 Å². The van der Waals surface area contributed by atoms with Crippen molar-refractivity contribution in [1.82, 2.24) is 4.31 Å². The lowest BCUT2D eigenvalue weighted by Gasteiger charge is -2.37. The number of morpholine rings is 1. The molecule has 0 bridgehead atoms. The molecule has 1 fully saturated rings. The number of halogens is 1. The van der Waals surface area contributed by atoms with Crippen molar-refractivity contribution in [3.8, 4) is 0 Å². The number of hydrogen-bond donors (Lipinski definition) is 0. The predicted molar refractivity (Wildman–Crippen MR) is 82.0 cm³/mol. The van der Waals surface area contributed by atoms with Crippen LogP contribution in [0.25, 0.3) is 0 Å². The van der Waals surface area contributed by atoms with Crippen LogP contribution in [0, 0.1) is 6.92 Å². The largest absolute Gasteiger partial charge is 0.375 e. The monoisotopic (exact) mass is 337 g/mol. The van der Waals surface area contributed by atoms with Crippen molar-refractivity contribution in [1.29, 1.82) is 0 Å². The Kier molecular flexibility index (Phi) is 5.13. The van der Waals surface area contributed by atoms with E-state index in [-0.39, 0.29) is 12.1 Å². The molecule has 0 saturated carbocycles. The second kappa shape index (κ2) is 6.32. The summed E-state index contributed by atoms with van der Waals surface area (Å²) in [6.45, 7) is 6.59. The molecule has 2 atom stereocenters. The zero-order valence-corrected chi connectivity index (χ0v) is 14.3. The number of nitrogens with zero attached hydrogens (tertiary/aromatic N) is 1. The van der Waals surface area contributed by atoms with Crippen LogP contribution in [0.3, 0.4) is 0 Å². The van der Waals surface area contributed by atoms with Crippen LogP contribution in [0.4, 0.5) is 0 Å². The highest BCUT2D eigenvalue weighted by molar-refractivity contribution is 7.89. The molecular weight excluding hydrogens is 318 g/mol. The summed E-state index contributed by atoms with van der Waals surface area (Å²) < 4.78 is 32.9. The Hall–Kier alpha value is -0.140. The van der Waals surface area contributed by atoms with Crippen LogP contribution in [-0.4, -0.2) is 38.0 Å². The van der Waals surface area contributed by atoms with Crippen molar-refractivity contribution >= 4 is 33.0 Å². The van der Waals surface area contributed by atoms with E-state index in [9.17, 15) is 8.42 Å². The normalized spacial score (nSPS) is 25.0. The molecule has 2 unspecified atom stereocenters. The first-order valence-electron chi connectivity index (χ1n) is 6.68. The number of sulfonamides is 1. The van der Waals surface area contributed by atoms with E-state index in [0.717, 1.165) is 16.2 Å². The van der Waals surface area contributed by atoms with Gasteiger partial charge in [-0.2, -0.15) is 4.31 Å². The molecule has 1 aliphatic rings. The molecule has 0 aromatic carbocycles. The average Bonchev–Trinajstić information content (AvgIpc) is 2.80. The minimum atomic E-state index is -3.47. The van der Waals surface area contributed by atoms with Crippen LogP contribution < -0.4 is 0 Å². The van der Waals surface area contributed by atoms with Crippen LogP contribution in [-0.2, 0) is 20.6 Å². The van der Waals surface area contributed by atoms with Crippen molar-refractivity contribution in [2.45, 2.75) is 50.1 Å². The maximum atomic E-state index is 12.9. The van der Waals surface area contributed by atoms with Crippen molar-refractivity contribution in [3.63, 3.8) is 0 Å². The molecular formula is C13H20ClNO3S2. The van der Waals surface area contributed by atoms with Gasteiger partial charge in [0.05, 0.1) is 23.5 Å². The highest BCUT2D eigenvalue weighted by atomic mass is 35.5. The second-order valence-electron chi connectivity index (χ2n) is 5.05. The predicted octanol–water partition coefficient (Wildman–Crippen LogP) is 2.98. The molecule has 2 rings (SSSR count). The van der Waals surface area contributed by atoms with Crippen molar-refractivity contribution < 1.29 is 13.2 Å². The molecule has 0 N–H and O–H groups in total. The third-order valence-corrected chi connectivity index (χ3v) is 7.20. The smallest absolute Gasteiger partial charge is 0.244 e. The lowest BCUT2D eigenvalue weighted by molar-refractivity contribution is -0.0230. The highest BCUT2D eigenvalue weighted by Crippen LogP contribution is 2.31. The van der Waals surface area contributed by atoms with Crippen LogP contribution in [0.5, 0.6) is 0 Å². The van der Waals surface area contributed by atoms with Crippen molar-refractivity contribution in [2.75, 3.05) is 13.2 Å². The topological polar surface area (TPSA) is 46.6 Å². The third-order valence-electron chi connectivity index (χ3n) is 3.53. The number of alkyl halides is 1. The lowest BCUT2D eigenvalue weighted by Crippen LogP contribution is -2.51. The minimum absolute atomic E-state index is 0.0704. The zero-order valence-electron chi connectivity index (χ0n) is 11.9. The summed E-state index contributed by atoms with van der Waals surface area (Å²) in [6, 6.07) is 1.62. The third kappa shape index (κ3) is 3.04. The van der Waals surface area contributed by atoms with Gasteiger partial charge in [0.15, 0.2) is 0 Å². The Morgan fingerprint density at radius 2 is 2.25 bits per heavy atom. The first-order chi connectivity index (χ1) is 9.40. The summed E-state index contributed by atoms with van der Waals surface area (Å²) in [6.07, 6.45) is 0.677. The first kappa shape index (κ1) is 16.2. The number of thiophene rings is 1. The molecule has 1 aromatic heterocycles. The van der Waals surface area contributed by atoms with E-state index >= 15 is 0 Å². The minimum Gasteiger partial charge on any atom is -0.375 e. The summed E-state index contributed by atoms with van der Waals surface area (Å²) in [4.78, 5) is 2.08. The van der Waals surface area contributed by atoms with E-state index < -0.39 is 10.0 Å². The Labute approximate surface area is 129 Å². The van der Waals surface area contributed by atoms with Gasteiger partial charge in [0.1, 0.15) is 0 Å². The van der Waals surface area contributed by atoms with Gasteiger partial charge in [0.25, 0.3) is 0 Å². The molecule has 0 aliphatic carbocycles. The molecule has 1 aliphatic heterocycles. The van der Waals surface area contributed by atoms with Gasteiger partial charge in [0, 0.05) is 22.3 Å². The molecule has 1 aromatic rings. The van der Waals surface area contributed by atoms with Gasteiger partial charge in [-0.15, -0.1) is 22.9 Å². The Morgan fingerprint density at radius 3 is 2.80 bits per heavy atom. The lowest BCUT2D eigenvalue weighted by atomic mass is 10.2. The summed E-state index contributed by atoms with van der Waals surface area (Å²) in [5, 5.41) is 0. The quantitative estimate of drug-likeness (QED) is 0.793. The Balaban J connectivity index is 2.39. The van der Waals surface area contributed by atoms with Crippen molar-refractivity contribution in [3.05, 3.63) is 15.8 Å². The zero-order chi connectivity index (χ0) is 14.9. The fourth-order valence-corrected chi connectivity index (χ4v) is 5.86. The van der Waals surface area contributed by atoms with Crippen LogP contribution in [0.15, 0.2) is 11.0 Å². The van der Waals surface area contributed by atoms with Gasteiger partial charge in [-0.3, -0.25) is 0 Å². The van der Waals surface area contributed by atoms with E-state index in [1.54, 1.807) is 10.4 Å². The molecule has 0 amide bonds. The molecule has 4 nitrogen and oxygen atoms in total. The Bertz CT molecular complexity index is 570. The van der Waals surface area contributed by atoms with Gasteiger partial charge < -0.3 is 4.74 Å². The molecule has 2 heterocycles. The van der Waals surface area contributed by atoms with Crippen LogP contribution >= 0.6 is 22.9 Å². The highest BCUT2D eigenvalue weighted by Gasteiger charge is 2.36. The molecule has 114 valence electrons. The van der Waals surface area contributed by atoms with E-state index in [4.69, 9.17) is 16.3 Å². The Morgan fingerprint density at radius 1 is 1.55 bits per heavy atom. The number of aryl methyl sites for hydroxylation is 1. The van der Waals surface area contributed by atoms with Gasteiger partial charge in [-0.25, -0.2) is 8.42 Å². The molecule has 20 heavy (non-hydrogen) atoms. The standard InChI is InChI=1S/C13H20ClNO3S2/c1-4-11-8-18-9(2)7-15(11)20(16,17)13-5-12(6-14)19-10(13)3/h5,9,11H,4,6-8H2,1-3H3. The van der Waals surface area contributed by atoms with Crippen LogP contribution in [0.2, 0.25) is 0 Å². The van der Waals surface area contributed by atoms with Crippen molar-refractivity contribution in [2.24, 2.45) is 0 Å². The molecule has 7 heteroatoms. The molecule has 1 saturated heterocycles. The van der Waals surface area contributed by atoms with E-state index in [2.05, 4.69) is 0 Å². The van der Waals surface area contributed by atoms with Crippen LogP contribution in [0.1, 0.15) is 30.0 Å². The fourth-order valence-electron chi connectivity index (χ4n) is 2.40. The SMILES string of the molecule is CCC1COC(C)CN1S(=O)(=O)c1cc(CCl)sc1C. The summed E-state index contributed by atoms with van der Waals surface area (Å²) in [5.41, 5.74) is 0.